The summed E-state index contributed by atoms with van der Waals surface area (Å²) in [5.74, 6) is 1.52. The van der Waals surface area contributed by atoms with E-state index < -0.39 is 5.41 Å². The minimum Gasteiger partial charge on any atom is -0.491 e. The largest absolute Gasteiger partial charge is 0.491 e. The SMILES string of the molecule is CCCc1cc(C=CC(=O)c2ccc(OCOC(=O)C(C)(C)C)cc2)c(OC(C)C)cc1OC(C)C. The van der Waals surface area contributed by atoms with Crippen LogP contribution >= 0.6 is 0 Å². The zero-order valence-corrected chi connectivity index (χ0v) is 22.8. The monoisotopic (exact) mass is 496 g/mol. The fraction of sp³-hybridized carbons (Fsp3) is 0.467. The van der Waals surface area contributed by atoms with Crippen LogP contribution in [0.4, 0.5) is 0 Å². The van der Waals surface area contributed by atoms with Gasteiger partial charge < -0.3 is 18.9 Å². The molecule has 0 spiro atoms. The second-order valence-electron chi connectivity index (χ2n) is 10.2. The third-order valence-corrected chi connectivity index (χ3v) is 5.02. The van der Waals surface area contributed by atoms with Crippen molar-refractivity contribution in [3.8, 4) is 17.2 Å². The lowest BCUT2D eigenvalue weighted by atomic mass is 9.98. The van der Waals surface area contributed by atoms with E-state index in [2.05, 4.69) is 6.92 Å². The van der Waals surface area contributed by atoms with Gasteiger partial charge in [0.1, 0.15) is 17.2 Å². The summed E-state index contributed by atoms with van der Waals surface area (Å²) in [4.78, 5) is 24.7. The maximum atomic E-state index is 12.8. The van der Waals surface area contributed by atoms with E-state index in [9.17, 15) is 9.59 Å². The van der Waals surface area contributed by atoms with E-state index in [1.54, 1.807) is 57.2 Å². The van der Waals surface area contributed by atoms with Crippen LogP contribution in [0.25, 0.3) is 6.08 Å². The summed E-state index contributed by atoms with van der Waals surface area (Å²) in [7, 11) is 0. The summed E-state index contributed by atoms with van der Waals surface area (Å²) >= 11 is 0. The number of allylic oxidation sites excluding steroid dienone is 1. The predicted octanol–water partition coefficient (Wildman–Crippen LogP) is 7.04. The molecule has 2 aromatic carbocycles. The molecule has 6 nitrogen and oxygen atoms in total. The molecule has 0 aliphatic heterocycles. The zero-order valence-electron chi connectivity index (χ0n) is 22.8. The van der Waals surface area contributed by atoms with Crippen LogP contribution in [-0.2, 0) is 16.0 Å². The van der Waals surface area contributed by atoms with E-state index in [1.165, 1.54) is 0 Å². The lowest BCUT2D eigenvalue weighted by Crippen LogP contribution is -2.24. The Morgan fingerprint density at radius 1 is 0.917 bits per heavy atom. The molecule has 2 aromatic rings. The maximum absolute atomic E-state index is 12.8. The lowest BCUT2D eigenvalue weighted by Gasteiger charge is -2.19. The molecule has 0 aliphatic carbocycles. The minimum absolute atomic E-state index is 0.0213. The van der Waals surface area contributed by atoms with Crippen molar-refractivity contribution in [3.63, 3.8) is 0 Å². The van der Waals surface area contributed by atoms with Gasteiger partial charge >= 0.3 is 5.97 Å². The van der Waals surface area contributed by atoms with Gasteiger partial charge in [-0.3, -0.25) is 9.59 Å². The highest BCUT2D eigenvalue weighted by Gasteiger charge is 2.23. The molecule has 0 radical (unpaired) electrons. The molecule has 0 unspecified atom stereocenters. The predicted molar refractivity (Wildman–Crippen MR) is 143 cm³/mol. The summed E-state index contributed by atoms with van der Waals surface area (Å²) < 4.78 is 22.6. The fourth-order valence-electron chi connectivity index (χ4n) is 3.28. The van der Waals surface area contributed by atoms with E-state index >= 15 is 0 Å². The molecule has 0 fully saturated rings. The Bertz CT molecular complexity index is 1040. The fourth-order valence-corrected chi connectivity index (χ4v) is 3.28. The summed E-state index contributed by atoms with van der Waals surface area (Å²) in [5.41, 5.74) is 1.84. The van der Waals surface area contributed by atoms with E-state index in [1.807, 2.05) is 39.8 Å². The van der Waals surface area contributed by atoms with E-state index in [-0.39, 0.29) is 30.8 Å². The molecule has 196 valence electrons. The molecule has 0 N–H and O–H groups in total. The van der Waals surface area contributed by atoms with Gasteiger partial charge in [0.05, 0.1) is 17.6 Å². The number of ether oxygens (including phenoxy) is 4. The van der Waals surface area contributed by atoms with Gasteiger partial charge in [-0.1, -0.05) is 13.3 Å². The molecular formula is C30H40O6. The summed E-state index contributed by atoms with van der Waals surface area (Å²) in [6.45, 7) is 15.2. The van der Waals surface area contributed by atoms with Gasteiger partial charge in [-0.25, -0.2) is 0 Å². The van der Waals surface area contributed by atoms with Gasteiger partial charge in [0.15, 0.2) is 5.78 Å². The van der Waals surface area contributed by atoms with Crippen molar-refractivity contribution in [3.05, 3.63) is 59.2 Å². The Labute approximate surface area is 215 Å². The van der Waals surface area contributed by atoms with Gasteiger partial charge in [-0.05, 0) is 103 Å². The molecule has 0 aromatic heterocycles. The van der Waals surface area contributed by atoms with Gasteiger partial charge in [0.25, 0.3) is 0 Å². The van der Waals surface area contributed by atoms with Crippen molar-refractivity contribution in [2.45, 2.75) is 80.4 Å². The number of ketones is 1. The molecule has 2 rings (SSSR count). The van der Waals surface area contributed by atoms with E-state index in [0.29, 0.717) is 17.1 Å². The van der Waals surface area contributed by atoms with Crippen LogP contribution in [0.5, 0.6) is 17.2 Å². The highest BCUT2D eigenvalue weighted by atomic mass is 16.7. The van der Waals surface area contributed by atoms with Crippen LogP contribution < -0.4 is 14.2 Å². The molecule has 0 bridgehead atoms. The second kappa shape index (κ2) is 13.1. The summed E-state index contributed by atoms with van der Waals surface area (Å²) in [6.07, 6.45) is 5.20. The standard InChI is InChI=1S/C30H40O6/c1-9-10-23-17-24(28(36-21(4)5)18-27(23)35-20(2)3)13-16-26(31)22-11-14-25(15-12-22)33-19-34-29(32)30(6,7)8/h11-18,20-21H,9-10,19H2,1-8H3. The third kappa shape index (κ3) is 9.06. The van der Waals surface area contributed by atoms with Crippen LogP contribution in [0.3, 0.4) is 0 Å². The van der Waals surface area contributed by atoms with Crippen molar-refractivity contribution < 1.29 is 28.5 Å². The highest BCUT2D eigenvalue weighted by Crippen LogP contribution is 2.33. The molecule has 36 heavy (non-hydrogen) atoms. The third-order valence-electron chi connectivity index (χ3n) is 5.02. The number of aryl methyl sites for hydroxylation is 1. The first-order valence-corrected chi connectivity index (χ1v) is 12.5. The number of carbonyl (C=O) groups excluding carboxylic acids is 2. The Morgan fingerprint density at radius 3 is 2.08 bits per heavy atom. The molecule has 0 amide bonds. The van der Waals surface area contributed by atoms with Gasteiger partial charge in [-0.15, -0.1) is 0 Å². The highest BCUT2D eigenvalue weighted by molar-refractivity contribution is 6.07. The quantitative estimate of drug-likeness (QED) is 0.136. The van der Waals surface area contributed by atoms with E-state index in [0.717, 1.165) is 29.7 Å². The van der Waals surface area contributed by atoms with Crippen LogP contribution in [0.2, 0.25) is 0 Å². The number of rotatable bonds is 12. The van der Waals surface area contributed by atoms with Gasteiger partial charge in [0, 0.05) is 17.2 Å². The Hall–Kier alpha value is -3.28. The molecule has 0 aliphatic rings. The number of benzene rings is 2. The first-order chi connectivity index (χ1) is 16.9. The normalized spacial score (nSPS) is 11.7. The molecule has 6 heteroatoms. The Kier molecular flexibility index (Phi) is 10.6. The van der Waals surface area contributed by atoms with Crippen LogP contribution in [-0.4, -0.2) is 30.8 Å². The van der Waals surface area contributed by atoms with Crippen LogP contribution in [0.15, 0.2) is 42.5 Å². The maximum Gasteiger partial charge on any atom is 0.314 e. The van der Waals surface area contributed by atoms with Gasteiger partial charge in [-0.2, -0.15) is 0 Å². The average molecular weight is 497 g/mol. The number of carbonyl (C=O) groups is 2. The first-order valence-electron chi connectivity index (χ1n) is 12.5. The van der Waals surface area contributed by atoms with Crippen molar-refractivity contribution in [2.75, 3.05) is 6.79 Å². The number of hydrogen-bond acceptors (Lipinski definition) is 6. The Balaban J connectivity index is 2.17. The summed E-state index contributed by atoms with van der Waals surface area (Å²) in [6, 6.07) is 10.7. The van der Waals surface area contributed by atoms with E-state index in [4.69, 9.17) is 18.9 Å². The van der Waals surface area contributed by atoms with Crippen molar-refractivity contribution in [1.82, 2.24) is 0 Å². The molecule has 0 saturated carbocycles. The second-order valence-corrected chi connectivity index (χ2v) is 10.2. The topological polar surface area (TPSA) is 71.1 Å². The number of hydrogen-bond donors (Lipinski definition) is 0. The van der Waals surface area contributed by atoms with Crippen LogP contribution in [0.1, 0.15) is 83.3 Å². The molecule has 0 atom stereocenters. The number of esters is 1. The van der Waals surface area contributed by atoms with Crippen LogP contribution in [0, 0.1) is 5.41 Å². The smallest absolute Gasteiger partial charge is 0.314 e. The first kappa shape index (κ1) is 29.0. The zero-order chi connectivity index (χ0) is 26.9. The Morgan fingerprint density at radius 2 is 1.53 bits per heavy atom. The molecular weight excluding hydrogens is 456 g/mol. The van der Waals surface area contributed by atoms with Crippen molar-refractivity contribution >= 4 is 17.8 Å². The lowest BCUT2D eigenvalue weighted by molar-refractivity contribution is -0.159. The molecule has 0 saturated heterocycles. The summed E-state index contributed by atoms with van der Waals surface area (Å²) in [5, 5.41) is 0. The van der Waals surface area contributed by atoms with Crippen molar-refractivity contribution in [1.29, 1.82) is 0 Å². The average Bonchev–Trinajstić information content (AvgIpc) is 2.78. The van der Waals surface area contributed by atoms with Gasteiger partial charge in [0.2, 0.25) is 6.79 Å². The minimum atomic E-state index is -0.592. The molecule has 0 heterocycles. The van der Waals surface area contributed by atoms with Crippen molar-refractivity contribution in [2.24, 2.45) is 5.41 Å².